The van der Waals surface area contributed by atoms with E-state index in [2.05, 4.69) is 180 Å². The van der Waals surface area contributed by atoms with Gasteiger partial charge in [-0.2, -0.15) is 0 Å². The highest BCUT2D eigenvalue weighted by molar-refractivity contribution is 5.01. The second-order valence-electron chi connectivity index (χ2n) is 53.3. The maximum Gasteiger partial charge on any atom is 0.0608 e. The Labute approximate surface area is 938 Å². The lowest BCUT2D eigenvalue weighted by atomic mass is 9.59. The van der Waals surface area contributed by atoms with Crippen LogP contribution in [0.3, 0.4) is 0 Å². The zero-order valence-electron chi connectivity index (χ0n) is 111. The summed E-state index contributed by atoms with van der Waals surface area (Å²) in [5.41, 5.74) is 1.82. The molecule has 0 amide bonds. The van der Waals surface area contributed by atoms with E-state index in [0.29, 0.717) is 40.7 Å². The van der Waals surface area contributed by atoms with E-state index in [1.807, 2.05) is 111 Å². The zero-order chi connectivity index (χ0) is 112. The third kappa shape index (κ3) is 61.9. The van der Waals surface area contributed by atoms with Gasteiger partial charge in [0.2, 0.25) is 0 Å². The molecular weight excluding hydrogens is 1770 g/mol. The van der Waals surface area contributed by atoms with Crippen LogP contribution in [0.2, 0.25) is 0 Å². The molecule has 0 N–H and O–H groups in total. The molecule has 4 saturated heterocycles. The van der Waals surface area contributed by atoms with E-state index < -0.39 is 0 Å². The van der Waals surface area contributed by atoms with Gasteiger partial charge in [0.15, 0.2) is 0 Å². The average Bonchev–Trinajstić information content (AvgIpc) is 1.62. The third-order valence-electron chi connectivity index (χ3n) is 39.7. The fraction of sp³-hybridized carbons (Fsp3) is 1.00. The highest BCUT2D eigenvalue weighted by Gasteiger charge is 2.51. The van der Waals surface area contributed by atoms with Gasteiger partial charge in [0.1, 0.15) is 0 Å². The predicted octanol–water partition coefficient (Wildman–Crippen LogP) is 51.6. The van der Waals surface area contributed by atoms with E-state index in [4.69, 9.17) is 9.47 Å². The summed E-state index contributed by atoms with van der Waals surface area (Å²) in [6, 6.07) is 0. The number of ether oxygens (including phenoxy) is 2. The van der Waals surface area contributed by atoms with Crippen molar-refractivity contribution in [2.75, 3.05) is 0 Å². The maximum absolute atomic E-state index is 5.68. The molecule has 2 heteroatoms. The lowest BCUT2D eigenvalue weighted by molar-refractivity contribution is 0.0421. The van der Waals surface area contributed by atoms with Gasteiger partial charge >= 0.3 is 0 Å². The summed E-state index contributed by atoms with van der Waals surface area (Å²) >= 11 is 0. The van der Waals surface area contributed by atoms with E-state index in [1.54, 1.807) is 135 Å². The molecule has 4 heterocycles. The Morgan fingerprint density at radius 2 is 0.551 bits per heavy atom. The molecule has 18 saturated carbocycles. The lowest BCUT2D eigenvalue weighted by Crippen LogP contribution is -2.36. The number of hydrogen-bond donors (Lipinski definition) is 0. The first-order chi connectivity index (χ1) is 71.0. The average molecular weight is 2070 g/mol. The summed E-state index contributed by atoms with van der Waals surface area (Å²) < 4.78 is 11.3. The molecule has 22 rings (SSSR count). The molecule has 22 fully saturated rings. The number of rotatable bonds is 8. The van der Waals surface area contributed by atoms with E-state index in [0.717, 1.165) is 107 Å². The van der Waals surface area contributed by atoms with Crippen molar-refractivity contribution < 1.29 is 9.47 Å². The van der Waals surface area contributed by atoms with Gasteiger partial charge < -0.3 is 9.47 Å². The standard InChI is InChI=1S/C17H32.C15H28.C12H24.2C10H16.C9H16.C8H14O.C8H14.C8H16.C7H12O.C6H12.C4H8.5C3H8.8C2H6/c1-13-5-9-15(10-6-13)17(3,4)16-11-7-14(2)8-12-16;1-12-3-7-14(8-4-12)11-15-9-5-13(2)6-10-15;1-6-12(5)8-10(2)7-11(3,4)9-12;2*1-2-9-7-4-5-8(6-7)10(9)3-1;1-2-8-5-7-3-4-9(8)6-7;1-2-6-5-7-3-4-8(6)9-7;1-6-4-7-2-3-8(6)5-7;1-2-8-6-4-3-5-7-8;1-5-4-6-2-3-7(5)8-6;1-2-4-6-5-3-1;1-2-4-3-1;5*1-3-2;8*1-2/h13-16H,5-12H2,1-4H3;12-15H,3-11H2,1-2H3;10H,6-9H2,1-5H3;2*7-10H,1-6H2;7-9H,2-6H2,1H3;6-8H,2-5H2,1H3;6-8H,2-5H2,1H3;8H,2-7H2,1H3;5-7H,2-4H2,1H3;1-6H2;1-4H2;5*3H2,1-2H3;8*1-2H3. The Morgan fingerprint density at radius 3 is 0.769 bits per heavy atom. The molecule has 0 spiro atoms. The first-order valence-electron chi connectivity index (χ1n) is 70.3. The van der Waals surface area contributed by atoms with Crippen molar-refractivity contribution in [2.45, 2.75) is 765 Å². The Kier molecular flexibility index (Phi) is 97.3. The van der Waals surface area contributed by atoms with Gasteiger partial charge in [0.05, 0.1) is 24.4 Å². The number of hydrogen-bond acceptors (Lipinski definition) is 2. The number of fused-ring (bicyclic) bond motifs is 18. The van der Waals surface area contributed by atoms with Crippen LogP contribution in [-0.2, 0) is 9.47 Å². The van der Waals surface area contributed by atoms with Crippen LogP contribution in [0.5, 0.6) is 0 Å². The van der Waals surface area contributed by atoms with Gasteiger partial charge in [-0.3, -0.25) is 0 Å². The molecule has 0 aromatic rings. The smallest absolute Gasteiger partial charge is 0.0608 e. The van der Waals surface area contributed by atoms with E-state index >= 15 is 0 Å². The summed E-state index contributed by atoms with van der Waals surface area (Å²) in [4.78, 5) is 0. The molecule has 0 radical (unpaired) electrons. The van der Waals surface area contributed by atoms with Gasteiger partial charge in [-0.15, -0.1) is 0 Å². The summed E-state index contributed by atoms with van der Waals surface area (Å²) in [7, 11) is 0. The summed E-state index contributed by atoms with van der Waals surface area (Å²) in [5.74, 6) is 28.4. The highest BCUT2D eigenvalue weighted by Crippen LogP contribution is 2.61. The molecule has 22 aliphatic rings. The highest BCUT2D eigenvalue weighted by atomic mass is 16.5. The topological polar surface area (TPSA) is 18.5 Å². The van der Waals surface area contributed by atoms with Crippen molar-refractivity contribution in [1.29, 1.82) is 0 Å². The Bertz CT molecular complexity index is 2460. The van der Waals surface area contributed by atoms with Crippen LogP contribution in [0, 0.1) is 170 Å². The normalized spacial score (nSPS) is 35.8. The summed E-state index contributed by atoms with van der Waals surface area (Å²) in [6.07, 6.45) is 106. The van der Waals surface area contributed by atoms with E-state index in [1.165, 1.54) is 362 Å². The van der Waals surface area contributed by atoms with Crippen molar-refractivity contribution in [1.82, 2.24) is 0 Å². The minimum Gasteiger partial charge on any atom is -0.375 e. The quantitative estimate of drug-likeness (QED) is 0.241. The van der Waals surface area contributed by atoms with Crippen LogP contribution in [0.4, 0.5) is 0 Å². The Morgan fingerprint density at radius 1 is 0.238 bits per heavy atom. The van der Waals surface area contributed by atoms with Crippen LogP contribution >= 0.6 is 0 Å². The van der Waals surface area contributed by atoms with Gasteiger partial charge in [-0.1, -0.05) is 548 Å². The molecule has 12 bridgehead atoms. The first-order valence-corrected chi connectivity index (χ1v) is 70.3. The van der Waals surface area contributed by atoms with Crippen molar-refractivity contribution in [3.63, 3.8) is 0 Å². The molecule has 4 aliphatic heterocycles. The fourth-order valence-corrected chi connectivity index (χ4v) is 31.8. The lowest BCUT2D eigenvalue weighted by Gasteiger charge is -2.46. The second kappa shape index (κ2) is 94.7. The molecule has 147 heavy (non-hydrogen) atoms. The fourth-order valence-electron chi connectivity index (χ4n) is 31.8. The zero-order valence-corrected chi connectivity index (χ0v) is 111. The Hall–Kier alpha value is -0.0800. The summed E-state index contributed by atoms with van der Waals surface area (Å²) in [6.45, 7) is 91.9. The summed E-state index contributed by atoms with van der Waals surface area (Å²) in [5, 5.41) is 0. The van der Waals surface area contributed by atoms with Gasteiger partial charge in [0.25, 0.3) is 0 Å². The molecular formula is C145H296O2. The predicted molar refractivity (Wildman–Crippen MR) is 677 cm³/mol. The van der Waals surface area contributed by atoms with Crippen molar-refractivity contribution in [3.05, 3.63) is 0 Å². The molecule has 2 nitrogen and oxygen atoms in total. The molecule has 22 atom stereocenters. The molecule has 0 aromatic heterocycles. The van der Waals surface area contributed by atoms with Crippen molar-refractivity contribution >= 4 is 0 Å². The molecule has 0 aromatic carbocycles. The van der Waals surface area contributed by atoms with Crippen LogP contribution in [0.25, 0.3) is 0 Å². The largest absolute Gasteiger partial charge is 0.375 e. The van der Waals surface area contributed by atoms with E-state index in [-0.39, 0.29) is 0 Å². The van der Waals surface area contributed by atoms with Crippen LogP contribution in [0.1, 0.15) is 740 Å². The van der Waals surface area contributed by atoms with Gasteiger partial charge in [-0.25, -0.2) is 0 Å². The third-order valence-corrected chi connectivity index (χ3v) is 39.7. The SMILES string of the molecule is C1CC2C3CCC(C3)C2C1.C1CC2C3CCC(C3)C2C1.C1CCC1.C1CCCCC1.CC.CC.CC.CC.CC.CC.CC.CC.CC1CC2CCC1C2.CC1CC2CCC1O2.CC1CCC(C(C)(C)C2CCC(C)CC2)CC1.CC1CCC(CC2CCC(C)CC2)CC1.CCC.CCC.CCC.CCC.CCC.CCC1(C)CC(C)CC(C)(C)C1.CCC1CC2CCC1C2.CCC1CC2CCC1O2.CCC1CCCCC1. The van der Waals surface area contributed by atoms with Crippen LogP contribution in [0.15, 0.2) is 0 Å². The molecule has 18 aliphatic carbocycles. The molecule has 888 valence electrons. The second-order valence-corrected chi connectivity index (χ2v) is 53.3. The Balaban J connectivity index is -0.00000151. The van der Waals surface area contributed by atoms with Crippen molar-refractivity contribution in [3.8, 4) is 0 Å². The first kappa shape index (κ1) is 151. The minimum atomic E-state index is 0.586. The minimum absolute atomic E-state index is 0.586. The molecule has 22 unspecified atom stereocenters. The monoisotopic (exact) mass is 2070 g/mol. The van der Waals surface area contributed by atoms with Crippen LogP contribution in [-0.4, -0.2) is 24.4 Å². The van der Waals surface area contributed by atoms with Crippen LogP contribution < -0.4 is 0 Å². The van der Waals surface area contributed by atoms with Gasteiger partial charge in [-0.05, 0) is 363 Å². The van der Waals surface area contributed by atoms with E-state index in [9.17, 15) is 0 Å². The maximum atomic E-state index is 5.68. The van der Waals surface area contributed by atoms with Crippen molar-refractivity contribution in [2.24, 2.45) is 170 Å². The van der Waals surface area contributed by atoms with Gasteiger partial charge in [0, 0.05) is 0 Å².